The van der Waals surface area contributed by atoms with E-state index in [2.05, 4.69) is 70.2 Å². The van der Waals surface area contributed by atoms with Crippen molar-refractivity contribution in [3.05, 3.63) is 53.6 Å². The summed E-state index contributed by atoms with van der Waals surface area (Å²) in [6, 6.07) is 16.8. The molecule has 0 amide bonds. The Kier molecular flexibility index (Phi) is 3.70. The van der Waals surface area contributed by atoms with E-state index in [0.29, 0.717) is 0 Å². The van der Waals surface area contributed by atoms with Crippen molar-refractivity contribution in [2.45, 2.75) is 38.9 Å². The first kappa shape index (κ1) is 17.5. The lowest BCUT2D eigenvalue weighted by molar-refractivity contribution is 0.00578. The Morgan fingerprint density at radius 1 is 0.815 bits per heavy atom. The maximum absolute atomic E-state index is 6.99. The van der Waals surface area contributed by atoms with Gasteiger partial charge < -0.3 is 9.31 Å². The third-order valence-electron chi connectivity index (χ3n) is 6.00. The van der Waals surface area contributed by atoms with Crippen LogP contribution in [-0.2, 0) is 9.31 Å². The molecule has 0 unspecified atom stereocenters. The van der Waals surface area contributed by atoms with Gasteiger partial charge in [0.1, 0.15) is 0 Å². The first-order valence-electron chi connectivity index (χ1n) is 9.17. The minimum Gasteiger partial charge on any atom is -0.399 e. The SMILES string of the molecule is CC1(C)OB(c2c(Cl)c3ccccc3c3sc4ccccc4c23)OC1(C)C. The van der Waals surface area contributed by atoms with Crippen molar-refractivity contribution in [2.75, 3.05) is 0 Å². The van der Waals surface area contributed by atoms with E-state index in [4.69, 9.17) is 20.9 Å². The summed E-state index contributed by atoms with van der Waals surface area (Å²) in [6.07, 6.45) is 0. The van der Waals surface area contributed by atoms with Crippen molar-refractivity contribution in [3.63, 3.8) is 0 Å². The summed E-state index contributed by atoms with van der Waals surface area (Å²) in [7, 11) is -0.493. The van der Waals surface area contributed by atoms with Crippen LogP contribution in [0.3, 0.4) is 0 Å². The largest absolute Gasteiger partial charge is 0.497 e. The molecule has 0 N–H and O–H groups in total. The second-order valence-corrected chi connectivity index (χ2v) is 9.59. The van der Waals surface area contributed by atoms with Crippen LogP contribution in [0.25, 0.3) is 30.9 Å². The highest BCUT2D eigenvalue weighted by Gasteiger charge is 2.53. The number of halogens is 1. The molecule has 5 rings (SSSR count). The topological polar surface area (TPSA) is 18.5 Å². The van der Waals surface area contributed by atoms with E-state index >= 15 is 0 Å². The summed E-state index contributed by atoms with van der Waals surface area (Å²) < 4.78 is 15.3. The van der Waals surface area contributed by atoms with Crippen LogP contribution in [0.5, 0.6) is 0 Å². The van der Waals surface area contributed by atoms with Gasteiger partial charge in [-0.15, -0.1) is 11.3 Å². The van der Waals surface area contributed by atoms with Crippen LogP contribution in [0.2, 0.25) is 5.02 Å². The molecule has 1 fully saturated rings. The van der Waals surface area contributed by atoms with Crippen molar-refractivity contribution in [1.29, 1.82) is 0 Å². The summed E-state index contributed by atoms with van der Waals surface area (Å²) in [5.74, 6) is 0. The Morgan fingerprint density at radius 2 is 1.37 bits per heavy atom. The Morgan fingerprint density at radius 3 is 2.04 bits per heavy atom. The van der Waals surface area contributed by atoms with Gasteiger partial charge in [-0.05, 0) is 33.8 Å². The standard InChI is InChI=1S/C22H20BClO2S/c1-21(2)22(3,4)26-23(25-21)18-17-15-11-7-8-12-16(15)27-20(17)14-10-6-5-9-13(14)19(18)24/h5-12H,1-4H3. The number of rotatable bonds is 1. The van der Waals surface area contributed by atoms with Gasteiger partial charge in [-0.2, -0.15) is 0 Å². The van der Waals surface area contributed by atoms with Gasteiger partial charge in [-0.25, -0.2) is 0 Å². The van der Waals surface area contributed by atoms with Gasteiger partial charge >= 0.3 is 7.12 Å². The van der Waals surface area contributed by atoms with Crippen molar-refractivity contribution in [1.82, 2.24) is 0 Å². The zero-order valence-electron chi connectivity index (χ0n) is 15.8. The molecule has 0 aliphatic carbocycles. The average Bonchev–Trinajstić information content (AvgIpc) is 3.10. The van der Waals surface area contributed by atoms with Gasteiger partial charge in [0.2, 0.25) is 0 Å². The fourth-order valence-corrected chi connectivity index (χ4v) is 5.42. The van der Waals surface area contributed by atoms with E-state index < -0.39 is 18.3 Å². The Labute approximate surface area is 168 Å². The molecule has 2 heterocycles. The molecule has 1 saturated heterocycles. The van der Waals surface area contributed by atoms with Crippen molar-refractivity contribution in [3.8, 4) is 0 Å². The molecule has 1 aliphatic heterocycles. The highest BCUT2D eigenvalue weighted by molar-refractivity contribution is 7.27. The fourth-order valence-electron chi connectivity index (χ4n) is 3.81. The number of benzene rings is 3. The zero-order valence-corrected chi connectivity index (χ0v) is 17.4. The fraction of sp³-hybridized carbons (Fsp3) is 0.273. The van der Waals surface area contributed by atoms with Crippen LogP contribution in [0, 0.1) is 0 Å². The van der Waals surface area contributed by atoms with E-state index in [0.717, 1.165) is 21.3 Å². The van der Waals surface area contributed by atoms with Gasteiger partial charge in [-0.1, -0.05) is 54.1 Å². The van der Waals surface area contributed by atoms with Crippen molar-refractivity contribution in [2.24, 2.45) is 0 Å². The molecule has 27 heavy (non-hydrogen) atoms. The molecule has 3 aromatic carbocycles. The van der Waals surface area contributed by atoms with Crippen LogP contribution < -0.4 is 5.46 Å². The molecular formula is C22H20BClO2S. The van der Waals surface area contributed by atoms with Gasteiger partial charge in [0.15, 0.2) is 0 Å². The molecule has 0 radical (unpaired) electrons. The first-order chi connectivity index (χ1) is 12.8. The van der Waals surface area contributed by atoms with E-state index in [-0.39, 0.29) is 0 Å². The lowest BCUT2D eigenvalue weighted by atomic mass is 9.75. The third-order valence-corrected chi connectivity index (χ3v) is 7.61. The molecule has 0 spiro atoms. The minimum absolute atomic E-state index is 0.412. The highest BCUT2D eigenvalue weighted by atomic mass is 35.5. The van der Waals surface area contributed by atoms with Gasteiger partial charge in [0.05, 0.1) is 11.2 Å². The number of thiophene rings is 1. The zero-order chi connectivity index (χ0) is 19.0. The monoisotopic (exact) mass is 394 g/mol. The molecule has 0 bridgehead atoms. The van der Waals surface area contributed by atoms with Gasteiger partial charge in [0.25, 0.3) is 0 Å². The lowest BCUT2D eigenvalue weighted by Gasteiger charge is -2.32. The number of hydrogen-bond donors (Lipinski definition) is 0. The Bertz CT molecular complexity index is 1200. The molecule has 0 saturated carbocycles. The molecule has 5 heteroatoms. The van der Waals surface area contributed by atoms with Crippen LogP contribution >= 0.6 is 22.9 Å². The molecule has 1 aliphatic rings. The van der Waals surface area contributed by atoms with E-state index in [1.165, 1.54) is 20.2 Å². The molecule has 4 aromatic rings. The predicted molar refractivity (Wildman–Crippen MR) is 118 cm³/mol. The summed E-state index contributed by atoms with van der Waals surface area (Å²) in [5, 5.41) is 5.30. The van der Waals surface area contributed by atoms with Crippen LogP contribution in [0.15, 0.2) is 48.5 Å². The maximum Gasteiger partial charge on any atom is 0.497 e. The van der Waals surface area contributed by atoms with E-state index in [1.54, 1.807) is 11.3 Å². The summed E-state index contributed by atoms with van der Waals surface area (Å²) >= 11 is 8.79. The van der Waals surface area contributed by atoms with Gasteiger partial charge in [0, 0.05) is 41.4 Å². The molecule has 0 atom stereocenters. The predicted octanol–water partition coefficient (Wildman–Crippen LogP) is 6.16. The lowest BCUT2D eigenvalue weighted by Crippen LogP contribution is -2.41. The molecule has 1 aromatic heterocycles. The minimum atomic E-state index is -0.493. The number of hydrogen-bond acceptors (Lipinski definition) is 3. The van der Waals surface area contributed by atoms with Crippen LogP contribution in [0.1, 0.15) is 27.7 Å². The second kappa shape index (κ2) is 5.71. The van der Waals surface area contributed by atoms with Crippen LogP contribution in [0.4, 0.5) is 0 Å². The normalized spacial score (nSPS) is 18.8. The van der Waals surface area contributed by atoms with Crippen molar-refractivity contribution >= 4 is 66.5 Å². The molecule has 136 valence electrons. The average molecular weight is 395 g/mol. The van der Waals surface area contributed by atoms with Gasteiger partial charge in [-0.3, -0.25) is 0 Å². The van der Waals surface area contributed by atoms with Crippen LogP contribution in [-0.4, -0.2) is 18.3 Å². The summed E-state index contributed by atoms with van der Waals surface area (Å²) in [6.45, 7) is 8.30. The molecular weight excluding hydrogens is 375 g/mol. The number of fused-ring (bicyclic) bond motifs is 5. The quantitative estimate of drug-likeness (QED) is 0.360. The van der Waals surface area contributed by atoms with E-state index in [1.807, 2.05) is 6.07 Å². The van der Waals surface area contributed by atoms with Crippen molar-refractivity contribution < 1.29 is 9.31 Å². The maximum atomic E-state index is 6.99. The summed E-state index contributed by atoms with van der Waals surface area (Å²) in [4.78, 5) is 0. The highest BCUT2D eigenvalue weighted by Crippen LogP contribution is 2.43. The Hall–Kier alpha value is -1.59. The second-order valence-electron chi connectivity index (χ2n) is 8.16. The molecule has 2 nitrogen and oxygen atoms in total. The Balaban J connectivity index is 1.92. The first-order valence-corrected chi connectivity index (χ1v) is 10.4. The van der Waals surface area contributed by atoms with E-state index in [9.17, 15) is 0 Å². The smallest absolute Gasteiger partial charge is 0.399 e. The third kappa shape index (κ3) is 2.41. The summed E-state index contributed by atoms with van der Waals surface area (Å²) in [5.41, 5.74) is 0.122.